The second-order valence-electron chi connectivity index (χ2n) is 9.30. The minimum atomic E-state index is -0.501. The van der Waals surface area contributed by atoms with Crippen LogP contribution in [-0.4, -0.2) is 80.4 Å². The smallest absolute Gasteiger partial charge is 0.263 e. The van der Waals surface area contributed by atoms with E-state index in [0.29, 0.717) is 36.1 Å². The standard InChI is InChI=1S/C27H33N7O4/c1-18-22(17-30-27-24(18)28-9-15-38-27)32-21-7-8-29-25(35)23(21)26(36)31-19-3-5-20(6-4-19)34-12-10-33(11-13-34)14-16-37-2/h3-8,17,28H,9-16H2,1-2H3,(H,31,36)(H2,29,32,35). The maximum atomic E-state index is 13.2. The summed E-state index contributed by atoms with van der Waals surface area (Å²) in [6.07, 6.45) is 3.15. The zero-order valence-corrected chi connectivity index (χ0v) is 21.7. The molecule has 0 bridgehead atoms. The van der Waals surface area contributed by atoms with Crippen molar-refractivity contribution in [3.63, 3.8) is 0 Å². The number of fused-ring (bicyclic) bond motifs is 1. The van der Waals surface area contributed by atoms with Gasteiger partial charge in [-0.1, -0.05) is 0 Å². The third kappa shape index (κ3) is 5.58. The van der Waals surface area contributed by atoms with Crippen LogP contribution in [0.4, 0.5) is 28.4 Å². The Bertz CT molecular complexity index is 1330. The first-order chi connectivity index (χ1) is 18.5. The Morgan fingerprint density at radius 3 is 2.68 bits per heavy atom. The first-order valence-corrected chi connectivity index (χ1v) is 12.8. The SMILES string of the molecule is COCCN1CCN(c2ccc(NC(=O)c3c(Nc4cnc5c(c4C)NCCO5)cc[nH]c3=O)cc2)CC1. The summed E-state index contributed by atoms with van der Waals surface area (Å²) in [5, 5.41) is 9.36. The monoisotopic (exact) mass is 519 g/mol. The van der Waals surface area contributed by atoms with E-state index in [4.69, 9.17) is 9.47 Å². The molecule has 0 spiro atoms. The topological polar surface area (TPSA) is 124 Å². The molecule has 0 saturated carbocycles. The number of ether oxygens (including phenoxy) is 2. The molecule has 11 heteroatoms. The molecule has 200 valence electrons. The van der Waals surface area contributed by atoms with Gasteiger partial charge in [0.05, 0.1) is 24.2 Å². The maximum Gasteiger partial charge on any atom is 0.263 e. The molecule has 2 aromatic heterocycles. The predicted molar refractivity (Wildman–Crippen MR) is 148 cm³/mol. The van der Waals surface area contributed by atoms with Crippen LogP contribution in [0.25, 0.3) is 0 Å². The zero-order valence-electron chi connectivity index (χ0n) is 21.7. The minimum Gasteiger partial charge on any atom is -0.474 e. The number of aromatic amines is 1. The first-order valence-electron chi connectivity index (χ1n) is 12.8. The summed E-state index contributed by atoms with van der Waals surface area (Å²) in [6, 6.07) is 9.36. The number of nitrogens with one attached hydrogen (secondary N) is 4. The Kier molecular flexibility index (Phi) is 7.75. The third-order valence-electron chi connectivity index (χ3n) is 6.88. The second-order valence-corrected chi connectivity index (χ2v) is 9.30. The summed E-state index contributed by atoms with van der Waals surface area (Å²) < 4.78 is 10.8. The molecule has 38 heavy (non-hydrogen) atoms. The van der Waals surface area contributed by atoms with E-state index in [-0.39, 0.29) is 5.56 Å². The van der Waals surface area contributed by atoms with E-state index in [1.807, 2.05) is 31.2 Å². The maximum absolute atomic E-state index is 13.2. The highest BCUT2D eigenvalue weighted by atomic mass is 16.5. The average molecular weight is 520 g/mol. The zero-order chi connectivity index (χ0) is 26.5. The molecule has 0 atom stereocenters. The van der Waals surface area contributed by atoms with Crippen LogP contribution in [0.1, 0.15) is 15.9 Å². The van der Waals surface area contributed by atoms with Gasteiger partial charge in [-0.15, -0.1) is 0 Å². The van der Waals surface area contributed by atoms with Gasteiger partial charge in [0.15, 0.2) is 0 Å². The van der Waals surface area contributed by atoms with Crippen molar-refractivity contribution >= 4 is 34.3 Å². The number of H-pyrrole nitrogens is 1. The van der Waals surface area contributed by atoms with Crippen LogP contribution in [0.15, 0.2) is 47.5 Å². The lowest BCUT2D eigenvalue weighted by molar-refractivity contribution is 0.102. The Morgan fingerprint density at radius 2 is 1.92 bits per heavy atom. The molecule has 1 fully saturated rings. The van der Waals surface area contributed by atoms with E-state index in [0.717, 1.165) is 56.3 Å². The number of carbonyl (C=O) groups is 1. The van der Waals surface area contributed by atoms with Crippen LogP contribution in [-0.2, 0) is 4.74 Å². The molecule has 1 saturated heterocycles. The molecule has 2 aliphatic heterocycles. The summed E-state index contributed by atoms with van der Waals surface area (Å²) in [5.41, 5.74) is 3.96. The van der Waals surface area contributed by atoms with E-state index >= 15 is 0 Å². The van der Waals surface area contributed by atoms with Crippen molar-refractivity contribution in [1.29, 1.82) is 0 Å². The van der Waals surface area contributed by atoms with Crippen molar-refractivity contribution < 1.29 is 14.3 Å². The normalized spacial score (nSPS) is 15.3. The van der Waals surface area contributed by atoms with E-state index in [1.54, 1.807) is 19.4 Å². The Morgan fingerprint density at radius 1 is 1.13 bits per heavy atom. The van der Waals surface area contributed by atoms with Crippen molar-refractivity contribution in [2.24, 2.45) is 0 Å². The second kappa shape index (κ2) is 11.5. The van der Waals surface area contributed by atoms with Crippen LogP contribution >= 0.6 is 0 Å². The van der Waals surface area contributed by atoms with Crippen molar-refractivity contribution in [3.05, 3.63) is 64.2 Å². The Labute approximate surface area is 221 Å². The van der Waals surface area contributed by atoms with Crippen LogP contribution in [0.2, 0.25) is 0 Å². The van der Waals surface area contributed by atoms with Crippen molar-refractivity contribution in [1.82, 2.24) is 14.9 Å². The lowest BCUT2D eigenvalue weighted by Crippen LogP contribution is -2.47. The van der Waals surface area contributed by atoms with Crippen LogP contribution in [0.3, 0.4) is 0 Å². The minimum absolute atomic E-state index is 0.00918. The van der Waals surface area contributed by atoms with Crippen LogP contribution in [0, 0.1) is 6.92 Å². The van der Waals surface area contributed by atoms with Crippen molar-refractivity contribution in [2.75, 3.05) is 80.4 Å². The molecular weight excluding hydrogens is 486 g/mol. The van der Waals surface area contributed by atoms with E-state index in [9.17, 15) is 9.59 Å². The van der Waals surface area contributed by atoms with Crippen LogP contribution in [0.5, 0.6) is 5.88 Å². The first kappa shape index (κ1) is 25.6. The molecule has 0 radical (unpaired) electrons. The fourth-order valence-electron chi connectivity index (χ4n) is 4.70. The van der Waals surface area contributed by atoms with Gasteiger partial charge in [0, 0.05) is 69.5 Å². The molecule has 11 nitrogen and oxygen atoms in total. The lowest BCUT2D eigenvalue weighted by atomic mass is 10.1. The average Bonchev–Trinajstić information content (AvgIpc) is 2.94. The summed E-state index contributed by atoms with van der Waals surface area (Å²) >= 11 is 0. The fourth-order valence-corrected chi connectivity index (χ4v) is 4.70. The number of pyridine rings is 2. The summed E-state index contributed by atoms with van der Waals surface area (Å²) in [4.78, 5) is 37.6. The van der Waals surface area contributed by atoms with Gasteiger partial charge >= 0.3 is 0 Å². The van der Waals surface area contributed by atoms with Gasteiger partial charge in [-0.3, -0.25) is 14.5 Å². The molecule has 2 aliphatic rings. The molecule has 0 unspecified atom stereocenters. The number of benzene rings is 1. The number of methoxy groups -OCH3 is 1. The van der Waals surface area contributed by atoms with Gasteiger partial charge in [0.25, 0.3) is 11.5 Å². The molecule has 4 N–H and O–H groups in total. The Hall–Kier alpha value is -4.09. The van der Waals surface area contributed by atoms with E-state index in [2.05, 4.69) is 35.7 Å². The van der Waals surface area contributed by atoms with E-state index < -0.39 is 11.5 Å². The number of hydrogen-bond donors (Lipinski definition) is 4. The number of carbonyl (C=O) groups excluding carboxylic acids is 1. The van der Waals surface area contributed by atoms with E-state index in [1.165, 1.54) is 6.20 Å². The van der Waals surface area contributed by atoms with Crippen molar-refractivity contribution in [3.8, 4) is 5.88 Å². The van der Waals surface area contributed by atoms with Crippen molar-refractivity contribution in [2.45, 2.75) is 6.92 Å². The summed E-state index contributed by atoms with van der Waals surface area (Å²) in [6.45, 7) is 8.68. The highest BCUT2D eigenvalue weighted by Gasteiger charge is 2.21. The molecule has 3 aromatic rings. The highest BCUT2D eigenvalue weighted by Crippen LogP contribution is 2.34. The molecule has 0 aliphatic carbocycles. The van der Waals surface area contributed by atoms with Gasteiger partial charge in [-0.2, -0.15) is 0 Å². The predicted octanol–water partition coefficient (Wildman–Crippen LogP) is 2.65. The lowest BCUT2D eigenvalue weighted by Gasteiger charge is -2.36. The molecule has 1 amide bonds. The number of anilines is 5. The molecule has 1 aromatic carbocycles. The molecule has 4 heterocycles. The van der Waals surface area contributed by atoms with Crippen LogP contribution < -0.4 is 31.1 Å². The highest BCUT2D eigenvalue weighted by molar-refractivity contribution is 6.08. The number of hydrogen-bond acceptors (Lipinski definition) is 9. The van der Waals surface area contributed by atoms with Gasteiger partial charge in [-0.05, 0) is 37.3 Å². The third-order valence-corrected chi connectivity index (χ3v) is 6.88. The molecule has 5 rings (SSSR count). The number of aromatic nitrogens is 2. The van der Waals surface area contributed by atoms with Gasteiger partial charge in [0.1, 0.15) is 17.9 Å². The summed E-state index contributed by atoms with van der Waals surface area (Å²) in [5.74, 6) is 0.0403. The number of piperazine rings is 1. The fraction of sp³-hybridized carbons (Fsp3) is 0.370. The number of rotatable bonds is 8. The van der Waals surface area contributed by atoms with Gasteiger partial charge in [0.2, 0.25) is 5.88 Å². The molecular formula is C27H33N7O4. The quantitative estimate of drug-likeness (QED) is 0.356. The largest absolute Gasteiger partial charge is 0.474 e. The Balaban J connectivity index is 1.27. The summed E-state index contributed by atoms with van der Waals surface area (Å²) in [7, 11) is 1.73. The van der Waals surface area contributed by atoms with Gasteiger partial charge < -0.3 is 35.3 Å². The number of nitrogens with zero attached hydrogens (tertiary/aromatic N) is 3. The van der Waals surface area contributed by atoms with Gasteiger partial charge in [-0.25, -0.2) is 4.98 Å². The number of amides is 1.